The van der Waals surface area contributed by atoms with Crippen molar-refractivity contribution in [2.45, 2.75) is 6.61 Å². The van der Waals surface area contributed by atoms with Gasteiger partial charge in [-0.15, -0.1) is 0 Å². The number of ether oxygens (including phenoxy) is 2. The van der Waals surface area contributed by atoms with Gasteiger partial charge in [0.15, 0.2) is 5.17 Å². The van der Waals surface area contributed by atoms with Crippen molar-refractivity contribution in [3.8, 4) is 5.88 Å². The molecule has 1 aromatic rings. The molecule has 9 heteroatoms. The molecule has 0 saturated carbocycles. The van der Waals surface area contributed by atoms with Crippen molar-refractivity contribution in [3.05, 3.63) is 18.1 Å². The predicted molar refractivity (Wildman–Crippen MR) is 53.7 cm³/mol. The molecular formula is C8H8ClF2N3O3. The number of nitrogens with zero attached hydrogens (tertiary/aromatic N) is 3. The second-order valence-corrected chi connectivity index (χ2v) is 2.97. The van der Waals surface area contributed by atoms with Crippen molar-refractivity contribution in [2.24, 2.45) is 5.16 Å². The molecule has 1 N–H and O–H groups in total. The molecule has 1 rings (SSSR count). The molecule has 6 nitrogen and oxygen atoms in total. The van der Waals surface area contributed by atoms with Crippen LogP contribution in [0.2, 0.25) is 0 Å². The van der Waals surface area contributed by atoms with Crippen molar-refractivity contribution in [1.82, 2.24) is 9.97 Å². The lowest BCUT2D eigenvalue weighted by atomic mass is 10.5. The van der Waals surface area contributed by atoms with E-state index >= 15 is 0 Å². The summed E-state index contributed by atoms with van der Waals surface area (Å²) in [6.07, 6.45) is 2.43. The van der Waals surface area contributed by atoms with E-state index in [0.717, 1.165) is 0 Å². The van der Waals surface area contributed by atoms with Gasteiger partial charge in [0.2, 0.25) is 5.88 Å². The number of aromatic nitrogens is 2. The van der Waals surface area contributed by atoms with Crippen LogP contribution in [0.25, 0.3) is 0 Å². The van der Waals surface area contributed by atoms with Crippen molar-refractivity contribution >= 4 is 16.8 Å². The van der Waals surface area contributed by atoms with E-state index < -0.39 is 6.61 Å². The van der Waals surface area contributed by atoms with E-state index in [1.807, 2.05) is 0 Å². The van der Waals surface area contributed by atoms with Gasteiger partial charge in [-0.2, -0.15) is 8.78 Å². The molecule has 0 aliphatic heterocycles. The Hall–Kier alpha value is -1.54. The lowest BCUT2D eigenvalue weighted by molar-refractivity contribution is -0.133. The van der Waals surface area contributed by atoms with Crippen LogP contribution in [0.3, 0.4) is 0 Å². The number of halogens is 3. The van der Waals surface area contributed by atoms with Crippen LogP contribution in [0.15, 0.2) is 17.5 Å². The van der Waals surface area contributed by atoms with Crippen LogP contribution in [0.4, 0.5) is 8.78 Å². The second-order valence-electron chi connectivity index (χ2n) is 2.61. The molecule has 0 aromatic carbocycles. The molecule has 17 heavy (non-hydrogen) atoms. The number of alkyl halides is 2. The third-order valence-corrected chi connectivity index (χ3v) is 1.77. The van der Waals surface area contributed by atoms with Crippen molar-refractivity contribution in [2.75, 3.05) is 13.2 Å². The summed E-state index contributed by atoms with van der Waals surface area (Å²) in [6.45, 7) is -3.17. The topological polar surface area (TPSA) is 76.8 Å². The number of hydrogen-bond donors (Lipinski definition) is 1. The van der Waals surface area contributed by atoms with Crippen LogP contribution < -0.4 is 4.74 Å². The highest BCUT2D eigenvalue weighted by Crippen LogP contribution is 2.06. The fourth-order valence-corrected chi connectivity index (χ4v) is 0.930. The molecule has 1 heterocycles. The highest BCUT2D eigenvalue weighted by Gasteiger charge is 2.05. The van der Waals surface area contributed by atoms with Crippen LogP contribution in [0.5, 0.6) is 5.88 Å². The summed E-state index contributed by atoms with van der Waals surface area (Å²) in [5.74, 6) is 0.119. The minimum absolute atomic E-state index is 0.0831. The largest absolute Gasteiger partial charge is 0.474 e. The number of hydrogen-bond acceptors (Lipinski definition) is 6. The summed E-state index contributed by atoms with van der Waals surface area (Å²) in [5.41, 5.74) is 0.158. The van der Waals surface area contributed by atoms with Gasteiger partial charge >= 0.3 is 6.61 Å². The van der Waals surface area contributed by atoms with Crippen LogP contribution >= 0.6 is 11.6 Å². The average Bonchev–Trinajstić information content (AvgIpc) is 2.34. The Kier molecular flexibility index (Phi) is 5.50. The van der Waals surface area contributed by atoms with E-state index in [9.17, 15) is 8.78 Å². The first kappa shape index (κ1) is 13.5. The Morgan fingerprint density at radius 1 is 1.41 bits per heavy atom. The quantitative estimate of drug-likeness (QED) is 0.365. The Bertz CT molecular complexity index is 375. The summed E-state index contributed by atoms with van der Waals surface area (Å²) in [7, 11) is 0. The van der Waals surface area contributed by atoms with E-state index in [4.69, 9.17) is 21.5 Å². The van der Waals surface area contributed by atoms with Crippen molar-refractivity contribution < 1.29 is 23.5 Å². The third-order valence-electron chi connectivity index (χ3n) is 1.50. The van der Waals surface area contributed by atoms with E-state index in [1.54, 1.807) is 0 Å². The maximum absolute atomic E-state index is 11.6. The number of oxime groups is 1. The fraction of sp³-hybridized carbons (Fsp3) is 0.375. The van der Waals surface area contributed by atoms with E-state index in [2.05, 4.69) is 19.9 Å². The lowest BCUT2D eigenvalue weighted by Gasteiger charge is -2.05. The van der Waals surface area contributed by atoms with Gasteiger partial charge in [-0.05, 0) is 0 Å². The van der Waals surface area contributed by atoms with Crippen LogP contribution in [-0.4, -0.2) is 40.2 Å². The standard InChI is InChI=1S/C8H8ClF2N3O3/c9-7(14-15)5-3-13-6(4-12-5)16-1-2-17-8(10)11/h3-4,8,15H,1-2H2. The summed E-state index contributed by atoms with van der Waals surface area (Å²) in [5, 5.41) is 10.9. The minimum atomic E-state index is -2.83. The van der Waals surface area contributed by atoms with Gasteiger partial charge < -0.3 is 14.7 Å². The Labute approximate surface area is 99.8 Å². The first-order valence-electron chi connectivity index (χ1n) is 4.36. The smallest absolute Gasteiger partial charge is 0.345 e. The van der Waals surface area contributed by atoms with E-state index in [-0.39, 0.29) is 30.0 Å². The van der Waals surface area contributed by atoms with Gasteiger partial charge in [0, 0.05) is 0 Å². The van der Waals surface area contributed by atoms with Gasteiger partial charge in [-0.25, -0.2) is 9.97 Å². The molecule has 0 fully saturated rings. The summed E-state index contributed by atoms with van der Waals surface area (Å²) in [4.78, 5) is 7.52. The highest BCUT2D eigenvalue weighted by atomic mass is 35.5. The highest BCUT2D eigenvalue weighted by molar-refractivity contribution is 6.69. The van der Waals surface area contributed by atoms with Gasteiger partial charge in [-0.1, -0.05) is 16.8 Å². The van der Waals surface area contributed by atoms with Crippen LogP contribution in [-0.2, 0) is 4.74 Å². The van der Waals surface area contributed by atoms with E-state index in [1.165, 1.54) is 12.4 Å². The molecule has 0 aliphatic carbocycles. The summed E-state index contributed by atoms with van der Waals surface area (Å²) >= 11 is 5.46. The zero-order valence-electron chi connectivity index (χ0n) is 8.39. The summed E-state index contributed by atoms with van der Waals surface area (Å²) in [6, 6.07) is 0. The molecular weight excluding hydrogens is 260 g/mol. The van der Waals surface area contributed by atoms with Gasteiger partial charge in [0.05, 0.1) is 19.0 Å². The molecule has 0 radical (unpaired) electrons. The maximum atomic E-state index is 11.6. The average molecular weight is 268 g/mol. The van der Waals surface area contributed by atoms with Crippen molar-refractivity contribution in [1.29, 1.82) is 0 Å². The number of rotatable bonds is 6. The zero-order valence-corrected chi connectivity index (χ0v) is 9.14. The Morgan fingerprint density at radius 2 is 2.18 bits per heavy atom. The molecule has 1 aromatic heterocycles. The predicted octanol–water partition coefficient (Wildman–Crippen LogP) is 1.47. The van der Waals surface area contributed by atoms with Crippen LogP contribution in [0, 0.1) is 0 Å². The molecule has 0 amide bonds. The lowest BCUT2D eigenvalue weighted by Crippen LogP contribution is -2.10. The third kappa shape index (κ3) is 4.87. The monoisotopic (exact) mass is 267 g/mol. The first-order valence-corrected chi connectivity index (χ1v) is 4.74. The van der Waals surface area contributed by atoms with Gasteiger partial charge in [-0.3, -0.25) is 0 Å². The Balaban J connectivity index is 2.41. The van der Waals surface area contributed by atoms with Crippen LogP contribution in [0.1, 0.15) is 5.69 Å². The molecule has 0 bridgehead atoms. The molecule has 0 spiro atoms. The Morgan fingerprint density at radius 3 is 2.71 bits per heavy atom. The van der Waals surface area contributed by atoms with E-state index in [0.29, 0.717) is 0 Å². The SMILES string of the molecule is ON=C(Cl)c1cnc(OCCOC(F)F)cn1. The molecule has 0 atom stereocenters. The van der Waals surface area contributed by atoms with Crippen molar-refractivity contribution in [3.63, 3.8) is 0 Å². The summed E-state index contributed by atoms with van der Waals surface area (Å²) < 4.78 is 32.1. The first-order chi connectivity index (χ1) is 8.13. The normalized spacial score (nSPS) is 11.9. The molecule has 94 valence electrons. The fourth-order valence-electron chi connectivity index (χ4n) is 0.832. The molecule has 0 aliphatic rings. The second kappa shape index (κ2) is 6.92. The zero-order chi connectivity index (χ0) is 12.7. The van der Waals surface area contributed by atoms with Gasteiger partial charge in [0.25, 0.3) is 0 Å². The molecule has 0 unspecified atom stereocenters. The van der Waals surface area contributed by atoms with Gasteiger partial charge in [0.1, 0.15) is 12.3 Å². The minimum Gasteiger partial charge on any atom is -0.474 e. The molecule has 0 saturated heterocycles. The maximum Gasteiger partial charge on any atom is 0.345 e.